The third-order valence-corrected chi connectivity index (χ3v) is 8.59. The van der Waals surface area contributed by atoms with Crippen molar-refractivity contribution in [2.24, 2.45) is 22.7 Å². The number of nitrogens with one attached hydrogen (secondary N) is 4. The molecule has 1 aliphatic heterocycles. The summed E-state index contributed by atoms with van der Waals surface area (Å²) in [6.45, 7) is 9.18. The summed E-state index contributed by atoms with van der Waals surface area (Å²) in [6.07, 6.45) is 2.36. The number of nitrogens with zero attached hydrogens (tertiary/aromatic N) is 4. The molecule has 16 nitrogen and oxygen atoms in total. The van der Waals surface area contributed by atoms with Gasteiger partial charge in [-0.2, -0.15) is 0 Å². The Morgan fingerprint density at radius 3 is 2.33 bits per heavy atom. The fraction of sp³-hybridized carbons (Fsp3) is 0.667. The molecule has 0 unspecified atom stereocenters. The quantitative estimate of drug-likeness (QED) is 0.0428. The first-order valence-electron chi connectivity index (χ1n) is 17.0. The number of carboxylic acids is 1. The maximum absolute atomic E-state index is 13.9. The van der Waals surface area contributed by atoms with E-state index in [2.05, 4.69) is 31.3 Å². The van der Waals surface area contributed by atoms with E-state index in [0.717, 1.165) is 0 Å². The van der Waals surface area contributed by atoms with Gasteiger partial charge >= 0.3 is 5.97 Å². The highest BCUT2D eigenvalue weighted by Gasteiger charge is 2.39. The summed E-state index contributed by atoms with van der Waals surface area (Å²) >= 11 is 0. The number of aromatic hydroxyl groups is 1. The number of rotatable bonds is 21. The molecule has 0 spiro atoms. The second kappa shape index (κ2) is 20.9. The van der Waals surface area contributed by atoms with Crippen LogP contribution in [0.25, 0.3) is 10.4 Å². The molecular formula is C33H53N9O7. The van der Waals surface area contributed by atoms with Gasteiger partial charge in [0.1, 0.15) is 36.0 Å². The lowest BCUT2D eigenvalue weighted by Gasteiger charge is -2.30. The van der Waals surface area contributed by atoms with Gasteiger partial charge in [-0.1, -0.05) is 51.4 Å². The predicted molar refractivity (Wildman–Crippen MR) is 183 cm³/mol. The number of benzene rings is 1. The number of hydrogen-bond acceptors (Lipinski definition) is 9. The normalized spacial score (nSPS) is 17.3. The van der Waals surface area contributed by atoms with Crippen molar-refractivity contribution in [3.05, 3.63) is 40.3 Å². The first kappa shape index (κ1) is 40.8. The number of aliphatic carboxylic acids is 1. The summed E-state index contributed by atoms with van der Waals surface area (Å²) in [6, 6.07) is 0.725. The van der Waals surface area contributed by atoms with Gasteiger partial charge < -0.3 is 42.1 Å². The van der Waals surface area contributed by atoms with E-state index in [-0.39, 0.29) is 43.4 Å². The molecular weight excluding hydrogens is 634 g/mol. The van der Waals surface area contributed by atoms with E-state index in [9.17, 15) is 34.2 Å². The molecule has 0 saturated carbocycles. The molecule has 1 aliphatic rings. The molecule has 49 heavy (non-hydrogen) atoms. The van der Waals surface area contributed by atoms with Gasteiger partial charge in [0.25, 0.3) is 0 Å². The Bertz CT molecular complexity index is 1300. The van der Waals surface area contributed by atoms with Crippen molar-refractivity contribution in [2.45, 2.75) is 103 Å². The molecule has 16 heteroatoms. The van der Waals surface area contributed by atoms with Crippen LogP contribution in [0.1, 0.15) is 71.8 Å². The zero-order valence-electron chi connectivity index (χ0n) is 28.9. The topological polar surface area (TPSA) is 252 Å². The zero-order valence-corrected chi connectivity index (χ0v) is 28.9. The molecule has 1 fully saturated rings. The van der Waals surface area contributed by atoms with Crippen LogP contribution in [0.2, 0.25) is 0 Å². The number of likely N-dealkylation sites (tertiary alicyclic amines) is 1. The van der Waals surface area contributed by atoms with E-state index < -0.39 is 59.8 Å². The van der Waals surface area contributed by atoms with Gasteiger partial charge in [0.2, 0.25) is 23.6 Å². The molecule has 0 aliphatic carbocycles. The van der Waals surface area contributed by atoms with E-state index in [1.165, 1.54) is 17.0 Å². The first-order chi connectivity index (χ1) is 23.3. The van der Waals surface area contributed by atoms with E-state index in [1.54, 1.807) is 19.1 Å². The number of hydrogen-bond donors (Lipinski definition) is 7. The Morgan fingerprint density at radius 1 is 1.04 bits per heavy atom. The van der Waals surface area contributed by atoms with Gasteiger partial charge in [-0.05, 0) is 73.7 Å². The van der Waals surface area contributed by atoms with Gasteiger partial charge in [-0.3, -0.25) is 19.2 Å². The maximum Gasteiger partial charge on any atom is 0.326 e. The third kappa shape index (κ3) is 13.2. The molecule has 8 N–H and O–H groups in total. The standard InChI is InChI=1S/C33H53N9O7/c1-5-21(4)28(31(46)38-26(33(48)49)18-20(2)3)39-29(44)25(19-22-10-12-23(43)13-11-22)37-30(45)27-9-7-17-42(27)32(47)24(40-41-35)8-6-15-36-16-14-34/h10-13,20-21,24-28,36,43H,5-9,14-19,34H2,1-4H3,(H,37,45)(H,38,46)(H,39,44)(H,48,49)/t21-,24-,25-,26-,27-,28-/m0/s1. The van der Waals surface area contributed by atoms with Gasteiger partial charge in [-0.25, -0.2) is 4.79 Å². The van der Waals surface area contributed by atoms with Crippen molar-refractivity contribution in [1.29, 1.82) is 0 Å². The van der Waals surface area contributed by atoms with Crippen LogP contribution in [0.15, 0.2) is 29.4 Å². The van der Waals surface area contributed by atoms with Crippen LogP contribution in [-0.4, -0.2) is 101 Å². The number of carbonyl (C=O) groups excluding carboxylic acids is 4. The fourth-order valence-corrected chi connectivity index (χ4v) is 5.69. The minimum Gasteiger partial charge on any atom is -0.508 e. The Morgan fingerprint density at radius 2 is 1.73 bits per heavy atom. The van der Waals surface area contributed by atoms with Gasteiger partial charge in [0, 0.05) is 31.0 Å². The summed E-state index contributed by atoms with van der Waals surface area (Å²) in [5.41, 5.74) is 15.2. The molecule has 6 atom stereocenters. The number of nitrogens with two attached hydrogens (primary N) is 1. The minimum atomic E-state index is -1.19. The van der Waals surface area contributed by atoms with Crippen molar-refractivity contribution in [2.75, 3.05) is 26.2 Å². The SMILES string of the molecule is CC[C@H](C)[C@H](NC(=O)[C@H](Cc1ccc(O)cc1)NC(=O)[C@@H]1CCCN1C(=O)[C@H](CCCNCCN)N=[N+]=[N-])C(=O)N[C@@H](CC(C)C)C(=O)O. The maximum atomic E-state index is 13.9. The number of amides is 4. The summed E-state index contributed by atoms with van der Waals surface area (Å²) in [5.74, 6) is -3.94. The summed E-state index contributed by atoms with van der Waals surface area (Å²) in [5, 5.41) is 34.3. The van der Waals surface area contributed by atoms with E-state index >= 15 is 0 Å². The fourth-order valence-electron chi connectivity index (χ4n) is 5.69. The zero-order chi connectivity index (χ0) is 36.5. The van der Waals surface area contributed by atoms with E-state index in [1.807, 2.05) is 20.8 Å². The molecule has 1 aromatic rings. The van der Waals surface area contributed by atoms with Crippen LogP contribution in [0.5, 0.6) is 5.75 Å². The highest BCUT2D eigenvalue weighted by molar-refractivity contribution is 5.96. The number of carboxylic acid groups (broad SMARTS) is 1. The number of phenolic OH excluding ortho intramolecular Hbond substituents is 1. The predicted octanol–water partition coefficient (Wildman–Crippen LogP) is 1.56. The van der Waals surface area contributed by atoms with Crippen molar-refractivity contribution in [3.8, 4) is 5.75 Å². The first-order valence-corrected chi connectivity index (χ1v) is 17.0. The summed E-state index contributed by atoms with van der Waals surface area (Å²) in [7, 11) is 0. The van der Waals surface area contributed by atoms with E-state index in [0.29, 0.717) is 50.9 Å². The lowest BCUT2D eigenvalue weighted by Crippen LogP contribution is -2.59. The monoisotopic (exact) mass is 687 g/mol. The average molecular weight is 688 g/mol. The molecule has 1 saturated heterocycles. The molecule has 4 amide bonds. The van der Waals surface area contributed by atoms with Crippen LogP contribution in [-0.2, 0) is 30.4 Å². The highest BCUT2D eigenvalue weighted by atomic mass is 16.4. The molecule has 0 aromatic heterocycles. The van der Waals surface area contributed by atoms with Crippen LogP contribution in [0.4, 0.5) is 0 Å². The molecule has 272 valence electrons. The van der Waals surface area contributed by atoms with Crippen molar-refractivity contribution < 1.29 is 34.2 Å². The van der Waals surface area contributed by atoms with E-state index in [4.69, 9.17) is 11.3 Å². The second-order valence-corrected chi connectivity index (χ2v) is 12.9. The van der Waals surface area contributed by atoms with Crippen molar-refractivity contribution >= 4 is 29.6 Å². The summed E-state index contributed by atoms with van der Waals surface area (Å²) < 4.78 is 0. The Labute approximate surface area is 287 Å². The molecule has 1 heterocycles. The van der Waals surface area contributed by atoms with Gasteiger partial charge in [-0.15, -0.1) is 0 Å². The van der Waals surface area contributed by atoms with Gasteiger partial charge in [0.05, 0.1) is 0 Å². The van der Waals surface area contributed by atoms with Crippen LogP contribution in [0.3, 0.4) is 0 Å². The third-order valence-electron chi connectivity index (χ3n) is 8.59. The van der Waals surface area contributed by atoms with Crippen LogP contribution < -0.4 is 27.0 Å². The largest absolute Gasteiger partial charge is 0.508 e. The van der Waals surface area contributed by atoms with Crippen LogP contribution >= 0.6 is 0 Å². The Kier molecular flexibility index (Phi) is 17.4. The van der Waals surface area contributed by atoms with Gasteiger partial charge in [0.15, 0.2) is 0 Å². The lowest BCUT2D eigenvalue weighted by molar-refractivity contribution is -0.143. The lowest BCUT2D eigenvalue weighted by atomic mass is 9.96. The number of phenols is 1. The smallest absolute Gasteiger partial charge is 0.326 e. The van der Waals surface area contributed by atoms with Crippen molar-refractivity contribution in [1.82, 2.24) is 26.2 Å². The molecule has 0 bridgehead atoms. The molecule has 0 radical (unpaired) electrons. The van der Waals surface area contributed by atoms with Crippen LogP contribution in [0, 0.1) is 11.8 Å². The Balaban J connectivity index is 2.30. The number of azide groups is 1. The second-order valence-electron chi connectivity index (χ2n) is 12.9. The molecule has 1 aromatic carbocycles. The summed E-state index contributed by atoms with van der Waals surface area (Å²) in [4.78, 5) is 70.6. The average Bonchev–Trinajstić information content (AvgIpc) is 3.56. The minimum absolute atomic E-state index is 0.00435. The molecule has 2 rings (SSSR count). The van der Waals surface area contributed by atoms with Crippen molar-refractivity contribution in [3.63, 3.8) is 0 Å². The Hall–Kier alpha value is -4.40. The highest BCUT2D eigenvalue weighted by Crippen LogP contribution is 2.22. The number of carbonyl (C=O) groups is 5.